The topological polar surface area (TPSA) is 32.3 Å². The highest BCUT2D eigenvalue weighted by Gasteiger charge is 2.41. The van der Waals surface area contributed by atoms with Crippen molar-refractivity contribution in [2.45, 2.75) is 18.1 Å². The van der Waals surface area contributed by atoms with E-state index in [1.165, 1.54) is 21.2 Å². The molecule has 0 bridgehead atoms. The van der Waals surface area contributed by atoms with Gasteiger partial charge in [-0.2, -0.15) is 0 Å². The number of carbonyl (C=O) groups is 1. The number of nitrogens with one attached hydrogen (secondary N) is 1. The molecule has 1 aliphatic rings. The van der Waals surface area contributed by atoms with Gasteiger partial charge in [0.2, 0.25) is 0 Å². The number of hydrogen-bond acceptors (Lipinski definition) is 1. The van der Waals surface area contributed by atoms with E-state index in [0.29, 0.717) is 5.66 Å². The summed E-state index contributed by atoms with van der Waals surface area (Å²) < 4.78 is 0. The summed E-state index contributed by atoms with van der Waals surface area (Å²) in [6, 6.07) is 53.5. The van der Waals surface area contributed by atoms with E-state index in [0.717, 1.165) is 24.8 Å². The summed E-state index contributed by atoms with van der Waals surface area (Å²) in [5.74, 6) is 0. The first-order chi connectivity index (χ1) is 20.3. The van der Waals surface area contributed by atoms with E-state index >= 15 is 0 Å². The molecule has 0 spiro atoms. The van der Waals surface area contributed by atoms with Gasteiger partial charge in [0, 0.05) is 23.9 Å². The number of rotatable bonds is 8. The molecule has 6 rings (SSSR count). The van der Waals surface area contributed by atoms with E-state index < -0.39 is 15.8 Å². The summed E-state index contributed by atoms with van der Waals surface area (Å²) in [4.78, 5) is 16.1. The van der Waals surface area contributed by atoms with Crippen LogP contribution < -0.4 is 26.5 Å². The molecule has 5 aromatic carbocycles. The highest BCUT2D eigenvalue weighted by atomic mass is 31.1. The number of hydrogen-bond donors (Lipinski definition) is 1. The van der Waals surface area contributed by atoms with Crippen LogP contribution in [0.1, 0.15) is 6.42 Å². The van der Waals surface area contributed by atoms with Crippen LogP contribution in [-0.2, 0) is 0 Å². The number of carbonyl (C=O) groups excluding carboxylic acids is 1. The minimum Gasteiger partial charge on any atom is -0.320 e. The SMILES string of the molecule is O=C(Nc1ccccc1)N1CC(P(c2ccccc2)c2ccccc2)CC1CP(c1ccccc1)c1ccccc1. The maximum Gasteiger partial charge on any atom is 0.322 e. The minimum atomic E-state index is -0.637. The Morgan fingerprint density at radius 3 is 1.49 bits per heavy atom. The predicted octanol–water partition coefficient (Wildman–Crippen LogP) is 6.93. The zero-order valence-electron chi connectivity index (χ0n) is 23.0. The molecule has 2 atom stereocenters. The van der Waals surface area contributed by atoms with E-state index in [1.807, 2.05) is 30.3 Å². The second-order valence-corrected chi connectivity index (χ2v) is 15.1. The molecule has 1 N–H and O–H groups in total. The molecule has 2 unspecified atom stereocenters. The molecule has 0 radical (unpaired) electrons. The second kappa shape index (κ2) is 13.3. The lowest BCUT2D eigenvalue weighted by Crippen LogP contribution is -2.41. The Balaban J connectivity index is 1.36. The van der Waals surface area contributed by atoms with Crippen LogP contribution in [-0.4, -0.2) is 35.3 Å². The van der Waals surface area contributed by atoms with Crippen molar-refractivity contribution in [3.05, 3.63) is 152 Å². The highest BCUT2D eigenvalue weighted by Crippen LogP contribution is 2.48. The number of benzene rings is 5. The van der Waals surface area contributed by atoms with Crippen molar-refractivity contribution in [3.8, 4) is 0 Å². The van der Waals surface area contributed by atoms with Crippen LogP contribution in [0.25, 0.3) is 0 Å². The first kappa shape index (κ1) is 27.4. The van der Waals surface area contributed by atoms with Crippen molar-refractivity contribution in [1.29, 1.82) is 0 Å². The lowest BCUT2D eigenvalue weighted by Gasteiger charge is -2.29. The van der Waals surface area contributed by atoms with Crippen molar-refractivity contribution in [2.75, 3.05) is 18.0 Å². The Kier molecular flexibility index (Phi) is 8.86. The summed E-state index contributed by atoms with van der Waals surface area (Å²) in [6.45, 7) is 0.742. The van der Waals surface area contributed by atoms with Gasteiger partial charge in [0.05, 0.1) is 0 Å². The van der Waals surface area contributed by atoms with E-state index in [1.54, 1.807) is 0 Å². The first-order valence-corrected chi connectivity index (χ1v) is 17.1. The largest absolute Gasteiger partial charge is 0.322 e. The van der Waals surface area contributed by atoms with Crippen molar-refractivity contribution < 1.29 is 4.79 Å². The quantitative estimate of drug-likeness (QED) is 0.201. The summed E-state index contributed by atoms with van der Waals surface area (Å²) >= 11 is 0. The number of urea groups is 1. The normalized spacial score (nSPS) is 16.7. The van der Waals surface area contributed by atoms with Crippen LogP contribution >= 0.6 is 15.8 Å². The predicted molar refractivity (Wildman–Crippen MR) is 177 cm³/mol. The summed E-state index contributed by atoms with van der Waals surface area (Å²) in [7, 11) is -1.27. The van der Waals surface area contributed by atoms with Crippen molar-refractivity contribution in [2.24, 2.45) is 0 Å². The Labute approximate surface area is 245 Å². The lowest BCUT2D eigenvalue weighted by atomic mass is 10.2. The van der Waals surface area contributed by atoms with Gasteiger partial charge >= 0.3 is 6.03 Å². The van der Waals surface area contributed by atoms with Gasteiger partial charge in [0.1, 0.15) is 0 Å². The average molecular weight is 573 g/mol. The molecule has 1 fully saturated rings. The van der Waals surface area contributed by atoms with Gasteiger partial charge in [-0.05, 0) is 61.8 Å². The zero-order chi connectivity index (χ0) is 27.9. The molecule has 0 saturated carbocycles. The number of anilines is 1. The monoisotopic (exact) mass is 572 g/mol. The van der Waals surface area contributed by atoms with E-state index in [2.05, 4.69) is 132 Å². The Morgan fingerprint density at radius 1 is 0.610 bits per heavy atom. The molecule has 3 nitrogen and oxygen atoms in total. The standard InChI is InChI=1S/C36H34N2OP2/c39-36(37-29-16-6-1-7-17-29)38-27-35(41(33-22-12-4-13-23-33)34-24-14-5-15-25-34)26-30(38)28-40(31-18-8-2-9-19-31)32-20-10-3-11-21-32/h1-25,30,35H,26-28H2,(H,37,39). The molecule has 5 aromatic rings. The molecule has 2 amide bonds. The van der Waals surface area contributed by atoms with Crippen molar-refractivity contribution in [3.63, 3.8) is 0 Å². The van der Waals surface area contributed by atoms with Gasteiger partial charge in [0.25, 0.3) is 0 Å². The number of nitrogens with zero attached hydrogens (tertiary/aromatic N) is 1. The fourth-order valence-corrected chi connectivity index (χ4v) is 11.2. The summed E-state index contributed by atoms with van der Waals surface area (Å²) in [6.07, 6.45) is 1.92. The summed E-state index contributed by atoms with van der Waals surface area (Å²) in [5.41, 5.74) is 1.20. The van der Waals surface area contributed by atoms with Crippen LogP contribution in [0.3, 0.4) is 0 Å². The molecule has 204 valence electrons. The molecule has 0 aliphatic carbocycles. The highest BCUT2D eigenvalue weighted by molar-refractivity contribution is 7.74. The molecule has 1 heterocycles. The number of likely N-dealkylation sites (tertiary alicyclic amines) is 1. The zero-order valence-corrected chi connectivity index (χ0v) is 24.7. The second-order valence-electron chi connectivity index (χ2n) is 10.3. The van der Waals surface area contributed by atoms with Gasteiger partial charge in [-0.15, -0.1) is 0 Å². The number of amides is 2. The average Bonchev–Trinajstić information content (AvgIpc) is 3.46. The molecule has 5 heteroatoms. The van der Waals surface area contributed by atoms with Gasteiger partial charge in [-0.3, -0.25) is 0 Å². The van der Waals surface area contributed by atoms with Crippen molar-refractivity contribution in [1.82, 2.24) is 4.90 Å². The van der Waals surface area contributed by atoms with Crippen molar-refractivity contribution >= 4 is 48.8 Å². The third-order valence-electron chi connectivity index (χ3n) is 7.64. The summed E-state index contributed by atoms with van der Waals surface area (Å²) in [5, 5.41) is 8.66. The van der Waals surface area contributed by atoms with Crippen LogP contribution in [0.5, 0.6) is 0 Å². The van der Waals surface area contributed by atoms with E-state index in [-0.39, 0.29) is 12.1 Å². The molecular weight excluding hydrogens is 538 g/mol. The molecule has 1 aliphatic heterocycles. The molecule has 1 saturated heterocycles. The minimum absolute atomic E-state index is 0.00385. The molecular formula is C36H34N2OP2. The van der Waals surface area contributed by atoms with Gasteiger partial charge < -0.3 is 10.2 Å². The fraction of sp³-hybridized carbons (Fsp3) is 0.139. The first-order valence-electron chi connectivity index (χ1n) is 14.2. The molecule has 41 heavy (non-hydrogen) atoms. The van der Waals surface area contributed by atoms with Gasteiger partial charge in [-0.1, -0.05) is 140 Å². The van der Waals surface area contributed by atoms with Crippen LogP contribution in [0.15, 0.2) is 152 Å². The maximum absolute atomic E-state index is 14.0. The lowest BCUT2D eigenvalue weighted by molar-refractivity contribution is 0.211. The van der Waals surface area contributed by atoms with Crippen LogP contribution in [0, 0.1) is 0 Å². The molecule has 0 aromatic heterocycles. The smallest absolute Gasteiger partial charge is 0.320 e. The van der Waals surface area contributed by atoms with E-state index in [4.69, 9.17) is 0 Å². The van der Waals surface area contributed by atoms with E-state index in [9.17, 15) is 4.79 Å². The fourth-order valence-electron chi connectivity index (χ4n) is 5.75. The number of para-hydroxylation sites is 1. The third-order valence-corrected chi connectivity index (χ3v) is 13.1. The van der Waals surface area contributed by atoms with Gasteiger partial charge in [0.15, 0.2) is 0 Å². The van der Waals surface area contributed by atoms with Crippen LogP contribution in [0.2, 0.25) is 0 Å². The Morgan fingerprint density at radius 2 is 1.02 bits per heavy atom. The van der Waals surface area contributed by atoms with Crippen LogP contribution in [0.4, 0.5) is 10.5 Å². The maximum atomic E-state index is 14.0. The Hall–Kier alpha value is -3.77. The Bertz CT molecular complexity index is 1440. The third kappa shape index (κ3) is 6.59. The van der Waals surface area contributed by atoms with Gasteiger partial charge in [-0.25, -0.2) is 4.79 Å².